The van der Waals surface area contributed by atoms with Crippen molar-refractivity contribution < 1.29 is 9.53 Å². The van der Waals surface area contributed by atoms with Gasteiger partial charge in [-0.25, -0.2) is 0 Å². The third-order valence-corrected chi connectivity index (χ3v) is 6.48. The normalized spacial score (nSPS) is 27.2. The molecule has 1 spiro atoms. The second kappa shape index (κ2) is 6.95. The Morgan fingerprint density at radius 2 is 2.15 bits per heavy atom. The van der Waals surface area contributed by atoms with E-state index in [9.17, 15) is 4.79 Å². The Morgan fingerprint density at radius 3 is 3.04 bits per heavy atom. The maximum Gasteiger partial charge on any atom is 0.253 e. The number of carbonyl (C=O) groups is 1. The van der Waals surface area contributed by atoms with E-state index in [0.29, 0.717) is 0 Å². The number of amides is 1. The molecule has 27 heavy (non-hydrogen) atoms. The summed E-state index contributed by atoms with van der Waals surface area (Å²) >= 11 is 0. The van der Waals surface area contributed by atoms with Gasteiger partial charge in [0, 0.05) is 55.4 Å². The van der Waals surface area contributed by atoms with Crippen LogP contribution in [0.3, 0.4) is 0 Å². The molecule has 144 valence electrons. The van der Waals surface area contributed by atoms with Gasteiger partial charge in [0.2, 0.25) is 0 Å². The molecule has 1 unspecified atom stereocenters. The minimum Gasteiger partial charge on any atom is -0.379 e. The highest BCUT2D eigenvalue weighted by Crippen LogP contribution is 2.36. The number of nitrogens with zero attached hydrogens (tertiary/aromatic N) is 2. The van der Waals surface area contributed by atoms with Gasteiger partial charge in [0.15, 0.2) is 0 Å². The zero-order valence-electron chi connectivity index (χ0n) is 16.0. The van der Waals surface area contributed by atoms with Gasteiger partial charge in [-0.1, -0.05) is 6.07 Å². The molecule has 1 aromatic heterocycles. The van der Waals surface area contributed by atoms with Gasteiger partial charge in [0.05, 0.1) is 13.2 Å². The molecule has 1 amide bonds. The van der Waals surface area contributed by atoms with Gasteiger partial charge in [-0.05, 0) is 55.2 Å². The first-order chi connectivity index (χ1) is 13.2. The topological polar surface area (TPSA) is 48.6 Å². The molecule has 3 aliphatic rings. The first-order valence-electron chi connectivity index (χ1n) is 10.4. The number of piperidine rings is 1. The Morgan fingerprint density at radius 1 is 1.22 bits per heavy atom. The van der Waals surface area contributed by atoms with Crippen LogP contribution in [0.15, 0.2) is 30.5 Å². The molecule has 1 N–H and O–H groups in total. The minimum absolute atomic E-state index is 0.0931. The number of benzene rings is 1. The van der Waals surface area contributed by atoms with Crippen LogP contribution < -0.4 is 0 Å². The van der Waals surface area contributed by atoms with Crippen LogP contribution in [-0.4, -0.2) is 66.6 Å². The molecule has 1 aromatic carbocycles. The molecule has 5 heteroatoms. The van der Waals surface area contributed by atoms with Crippen LogP contribution in [0.4, 0.5) is 0 Å². The van der Waals surface area contributed by atoms with Gasteiger partial charge in [0.25, 0.3) is 5.91 Å². The van der Waals surface area contributed by atoms with E-state index in [2.05, 4.69) is 14.8 Å². The van der Waals surface area contributed by atoms with Crippen molar-refractivity contribution in [3.63, 3.8) is 0 Å². The predicted molar refractivity (Wildman–Crippen MR) is 106 cm³/mol. The lowest BCUT2D eigenvalue weighted by Crippen LogP contribution is -2.52. The molecule has 0 radical (unpaired) electrons. The quantitative estimate of drug-likeness (QED) is 0.907. The number of nitrogens with one attached hydrogen (secondary N) is 1. The van der Waals surface area contributed by atoms with Gasteiger partial charge in [-0.3, -0.25) is 4.79 Å². The number of hydrogen-bond acceptors (Lipinski definition) is 3. The Balaban J connectivity index is 1.33. The summed E-state index contributed by atoms with van der Waals surface area (Å²) in [6.45, 7) is 6.60. The number of H-pyrrole nitrogens is 1. The highest BCUT2D eigenvalue weighted by atomic mass is 16.5. The van der Waals surface area contributed by atoms with Crippen LogP contribution in [0, 0.1) is 11.3 Å². The fourth-order valence-corrected chi connectivity index (χ4v) is 4.89. The van der Waals surface area contributed by atoms with E-state index in [-0.39, 0.29) is 11.3 Å². The average Bonchev–Trinajstić information content (AvgIpc) is 3.41. The van der Waals surface area contributed by atoms with Gasteiger partial charge < -0.3 is 19.5 Å². The summed E-state index contributed by atoms with van der Waals surface area (Å²) in [7, 11) is 0. The molecule has 3 heterocycles. The standard InChI is InChI=1S/C22H29N3O2/c26-21(19-5-4-18-6-8-23-20(18)12-19)25-9-1-7-22(15-25)14-24(10-11-27-16-22)13-17-2-3-17/h4-6,8,12,17,23H,1-3,7,9-11,13-16H2. The van der Waals surface area contributed by atoms with Crippen molar-refractivity contribution in [1.82, 2.24) is 14.8 Å². The molecule has 2 saturated heterocycles. The Hall–Kier alpha value is -1.85. The van der Waals surface area contributed by atoms with Crippen LogP contribution in [0.2, 0.25) is 0 Å². The number of carbonyl (C=O) groups excluding carboxylic acids is 1. The lowest BCUT2D eigenvalue weighted by Gasteiger charge is -2.43. The lowest BCUT2D eigenvalue weighted by molar-refractivity contribution is 0.00718. The average molecular weight is 367 g/mol. The smallest absolute Gasteiger partial charge is 0.253 e. The molecule has 5 rings (SSSR count). The summed E-state index contributed by atoms with van der Waals surface area (Å²) in [5.41, 5.74) is 1.91. The highest BCUT2D eigenvalue weighted by molar-refractivity contribution is 5.98. The molecule has 3 fully saturated rings. The molecule has 2 aliphatic heterocycles. The SMILES string of the molecule is O=C(c1ccc2cc[nH]c2c1)N1CCCC2(COCCN(CC3CC3)C2)C1. The molecule has 1 atom stereocenters. The number of likely N-dealkylation sites (tertiary alicyclic amines) is 1. The maximum absolute atomic E-state index is 13.2. The molecule has 5 nitrogen and oxygen atoms in total. The van der Waals surface area contributed by atoms with E-state index in [0.717, 1.165) is 74.6 Å². The Bertz CT molecular complexity index is 828. The minimum atomic E-state index is 0.0931. The summed E-state index contributed by atoms with van der Waals surface area (Å²) in [6, 6.07) is 8.02. The number of rotatable bonds is 3. The van der Waals surface area contributed by atoms with Crippen molar-refractivity contribution in [1.29, 1.82) is 0 Å². The van der Waals surface area contributed by atoms with Crippen molar-refractivity contribution in [2.24, 2.45) is 11.3 Å². The summed E-state index contributed by atoms with van der Waals surface area (Å²) < 4.78 is 6.02. The van der Waals surface area contributed by atoms with Gasteiger partial charge in [-0.2, -0.15) is 0 Å². The molecular formula is C22H29N3O2. The fourth-order valence-electron chi connectivity index (χ4n) is 4.89. The summed E-state index contributed by atoms with van der Waals surface area (Å²) in [6.07, 6.45) is 6.92. The van der Waals surface area contributed by atoms with Crippen LogP contribution in [0.1, 0.15) is 36.0 Å². The van der Waals surface area contributed by atoms with E-state index >= 15 is 0 Å². The first kappa shape index (κ1) is 17.3. The second-order valence-electron chi connectivity index (χ2n) is 8.84. The molecule has 2 aromatic rings. The van der Waals surface area contributed by atoms with Gasteiger partial charge in [0.1, 0.15) is 0 Å². The zero-order valence-corrected chi connectivity index (χ0v) is 16.0. The largest absolute Gasteiger partial charge is 0.379 e. The van der Waals surface area contributed by atoms with Gasteiger partial charge in [-0.15, -0.1) is 0 Å². The van der Waals surface area contributed by atoms with Crippen LogP contribution in [0.25, 0.3) is 10.9 Å². The van der Waals surface area contributed by atoms with E-state index < -0.39 is 0 Å². The second-order valence-corrected chi connectivity index (χ2v) is 8.84. The molecule has 0 bridgehead atoms. The monoisotopic (exact) mass is 367 g/mol. The van der Waals surface area contributed by atoms with Crippen LogP contribution in [-0.2, 0) is 4.74 Å². The summed E-state index contributed by atoms with van der Waals surface area (Å²) in [4.78, 5) is 21.1. The fraction of sp³-hybridized carbons (Fsp3) is 0.591. The number of fused-ring (bicyclic) bond motifs is 1. The third-order valence-electron chi connectivity index (χ3n) is 6.48. The van der Waals surface area contributed by atoms with Crippen molar-refractivity contribution >= 4 is 16.8 Å². The van der Waals surface area contributed by atoms with Gasteiger partial charge >= 0.3 is 0 Å². The summed E-state index contributed by atoms with van der Waals surface area (Å²) in [5, 5.41) is 1.15. The zero-order chi connectivity index (χ0) is 18.3. The number of aromatic amines is 1. The number of ether oxygens (including phenoxy) is 1. The van der Waals surface area contributed by atoms with E-state index in [1.54, 1.807) is 0 Å². The van der Waals surface area contributed by atoms with Crippen molar-refractivity contribution in [2.45, 2.75) is 25.7 Å². The first-order valence-corrected chi connectivity index (χ1v) is 10.4. The highest BCUT2D eigenvalue weighted by Gasteiger charge is 2.41. The van der Waals surface area contributed by atoms with Crippen molar-refractivity contribution in [2.75, 3.05) is 45.9 Å². The van der Waals surface area contributed by atoms with E-state index in [1.165, 1.54) is 19.4 Å². The number of hydrogen-bond donors (Lipinski definition) is 1. The molecule has 1 aliphatic carbocycles. The van der Waals surface area contributed by atoms with Crippen LogP contribution in [0.5, 0.6) is 0 Å². The Labute approximate surface area is 160 Å². The van der Waals surface area contributed by atoms with Crippen LogP contribution >= 0.6 is 0 Å². The molecular weight excluding hydrogens is 338 g/mol. The van der Waals surface area contributed by atoms with E-state index in [4.69, 9.17) is 4.74 Å². The molecule has 1 saturated carbocycles. The van der Waals surface area contributed by atoms with Crippen molar-refractivity contribution in [3.8, 4) is 0 Å². The Kier molecular flexibility index (Phi) is 4.44. The maximum atomic E-state index is 13.2. The third kappa shape index (κ3) is 3.63. The van der Waals surface area contributed by atoms with Crippen molar-refractivity contribution in [3.05, 3.63) is 36.0 Å². The van der Waals surface area contributed by atoms with E-state index in [1.807, 2.05) is 30.5 Å². The summed E-state index contributed by atoms with van der Waals surface area (Å²) in [5.74, 6) is 1.05. The lowest BCUT2D eigenvalue weighted by atomic mass is 9.79. The number of aromatic nitrogens is 1. The predicted octanol–water partition coefficient (Wildman–Crippen LogP) is 3.13.